The van der Waals surface area contributed by atoms with Gasteiger partial charge in [0.05, 0.1) is 23.2 Å². The summed E-state index contributed by atoms with van der Waals surface area (Å²) in [4.78, 5) is 5.09. The SMILES string of the molecule is COc1ccc([C@@H](C)N=C2CC[C@@H](c3ccc(Cl)c(Cl)c3)c3ccccc32)cc1. The van der Waals surface area contributed by atoms with Crippen LogP contribution >= 0.6 is 23.2 Å². The Morgan fingerprint density at radius 3 is 2.45 bits per heavy atom. The van der Waals surface area contributed by atoms with Crippen LogP contribution in [0.5, 0.6) is 5.75 Å². The lowest BCUT2D eigenvalue weighted by Gasteiger charge is -2.28. The number of benzene rings is 3. The Labute approximate surface area is 182 Å². The van der Waals surface area contributed by atoms with E-state index < -0.39 is 0 Å². The molecule has 29 heavy (non-hydrogen) atoms. The molecule has 3 aromatic carbocycles. The molecule has 2 atom stereocenters. The molecule has 0 heterocycles. The number of ether oxygens (including phenoxy) is 1. The minimum Gasteiger partial charge on any atom is -0.497 e. The van der Waals surface area contributed by atoms with Crippen molar-refractivity contribution in [3.63, 3.8) is 0 Å². The van der Waals surface area contributed by atoms with E-state index in [-0.39, 0.29) is 6.04 Å². The smallest absolute Gasteiger partial charge is 0.118 e. The van der Waals surface area contributed by atoms with Crippen LogP contribution < -0.4 is 4.74 Å². The van der Waals surface area contributed by atoms with Crippen molar-refractivity contribution in [3.8, 4) is 5.75 Å². The zero-order valence-corrected chi connectivity index (χ0v) is 18.0. The molecule has 0 saturated carbocycles. The number of methoxy groups -OCH3 is 1. The highest BCUT2D eigenvalue weighted by Crippen LogP contribution is 2.39. The van der Waals surface area contributed by atoms with Crippen LogP contribution in [0.2, 0.25) is 10.0 Å². The Morgan fingerprint density at radius 1 is 0.966 bits per heavy atom. The van der Waals surface area contributed by atoms with Crippen molar-refractivity contribution in [2.45, 2.75) is 31.7 Å². The standard InChI is InChI=1S/C25H23Cl2NO/c1-16(17-7-10-19(29-2)11-8-17)28-25-14-12-20(21-5-3-4-6-22(21)25)18-9-13-23(26)24(27)15-18/h3-11,13,15-16,20H,12,14H2,1-2H3/t16-,20+/m1/s1. The van der Waals surface area contributed by atoms with Gasteiger partial charge in [-0.2, -0.15) is 0 Å². The molecule has 0 aromatic heterocycles. The van der Waals surface area contributed by atoms with Gasteiger partial charge in [0.25, 0.3) is 0 Å². The molecule has 0 bridgehead atoms. The normalized spacial score (nSPS) is 18.3. The highest BCUT2D eigenvalue weighted by molar-refractivity contribution is 6.42. The first kappa shape index (κ1) is 20.0. The van der Waals surface area contributed by atoms with Gasteiger partial charge < -0.3 is 4.74 Å². The van der Waals surface area contributed by atoms with E-state index >= 15 is 0 Å². The first-order chi connectivity index (χ1) is 14.1. The van der Waals surface area contributed by atoms with Gasteiger partial charge in [0.2, 0.25) is 0 Å². The first-order valence-corrected chi connectivity index (χ1v) is 10.6. The molecule has 0 aliphatic heterocycles. The maximum atomic E-state index is 6.28. The summed E-state index contributed by atoms with van der Waals surface area (Å²) < 4.78 is 5.26. The largest absolute Gasteiger partial charge is 0.497 e. The van der Waals surface area contributed by atoms with E-state index in [9.17, 15) is 0 Å². The van der Waals surface area contributed by atoms with E-state index in [4.69, 9.17) is 32.9 Å². The Hall–Kier alpha value is -2.29. The predicted molar refractivity (Wildman–Crippen MR) is 122 cm³/mol. The van der Waals surface area contributed by atoms with Gasteiger partial charge in [0.15, 0.2) is 0 Å². The van der Waals surface area contributed by atoms with Crippen molar-refractivity contribution in [1.29, 1.82) is 0 Å². The minimum absolute atomic E-state index is 0.0884. The highest BCUT2D eigenvalue weighted by Gasteiger charge is 2.26. The Kier molecular flexibility index (Phi) is 5.94. The molecule has 0 saturated heterocycles. The van der Waals surface area contributed by atoms with Crippen LogP contribution in [0.25, 0.3) is 0 Å². The fourth-order valence-corrected chi connectivity index (χ4v) is 4.34. The second-order valence-electron chi connectivity index (χ2n) is 7.38. The topological polar surface area (TPSA) is 21.6 Å². The fraction of sp³-hybridized carbons (Fsp3) is 0.240. The summed E-state index contributed by atoms with van der Waals surface area (Å²) in [7, 11) is 1.68. The van der Waals surface area contributed by atoms with Gasteiger partial charge in [-0.1, -0.05) is 65.7 Å². The molecule has 4 rings (SSSR count). The van der Waals surface area contributed by atoms with Crippen LogP contribution in [0.1, 0.15) is 54.0 Å². The zero-order chi connectivity index (χ0) is 20.4. The van der Waals surface area contributed by atoms with Gasteiger partial charge in [-0.3, -0.25) is 4.99 Å². The second kappa shape index (κ2) is 8.61. The van der Waals surface area contributed by atoms with E-state index in [1.54, 1.807) is 7.11 Å². The molecule has 0 fully saturated rings. The number of hydrogen-bond donors (Lipinski definition) is 0. The van der Waals surface area contributed by atoms with Gasteiger partial charge in [-0.25, -0.2) is 0 Å². The van der Waals surface area contributed by atoms with Gasteiger partial charge in [0, 0.05) is 11.6 Å². The monoisotopic (exact) mass is 423 g/mol. The molecular weight excluding hydrogens is 401 g/mol. The summed E-state index contributed by atoms with van der Waals surface area (Å²) in [5, 5.41) is 1.20. The highest BCUT2D eigenvalue weighted by atomic mass is 35.5. The molecule has 0 spiro atoms. The maximum absolute atomic E-state index is 6.28. The van der Waals surface area contributed by atoms with Crippen molar-refractivity contribution < 1.29 is 4.74 Å². The number of aliphatic imine (C=N–C) groups is 1. The molecule has 0 amide bonds. The van der Waals surface area contributed by atoms with Crippen LogP contribution in [0.3, 0.4) is 0 Å². The lowest BCUT2D eigenvalue weighted by Crippen LogP contribution is -2.18. The molecule has 0 unspecified atom stereocenters. The van der Waals surface area contributed by atoms with Crippen molar-refractivity contribution in [2.75, 3.05) is 7.11 Å². The van der Waals surface area contributed by atoms with Crippen LogP contribution in [-0.4, -0.2) is 12.8 Å². The lowest BCUT2D eigenvalue weighted by molar-refractivity contribution is 0.414. The van der Waals surface area contributed by atoms with Crippen molar-refractivity contribution in [3.05, 3.63) is 99.0 Å². The quantitative estimate of drug-likeness (QED) is 0.426. The number of fused-ring (bicyclic) bond motifs is 1. The number of halogens is 2. The third-order valence-electron chi connectivity index (χ3n) is 5.61. The van der Waals surface area contributed by atoms with Gasteiger partial charge in [-0.05, 0) is 66.3 Å². The summed E-state index contributed by atoms with van der Waals surface area (Å²) >= 11 is 12.4. The summed E-state index contributed by atoms with van der Waals surface area (Å²) in [5.74, 6) is 1.16. The summed E-state index contributed by atoms with van der Waals surface area (Å²) in [6.45, 7) is 2.14. The second-order valence-corrected chi connectivity index (χ2v) is 8.19. The molecule has 1 aliphatic carbocycles. The van der Waals surface area contributed by atoms with Gasteiger partial charge in [0.1, 0.15) is 5.75 Å². The van der Waals surface area contributed by atoms with Crippen molar-refractivity contribution in [1.82, 2.24) is 0 Å². The lowest BCUT2D eigenvalue weighted by atomic mass is 9.78. The van der Waals surface area contributed by atoms with Gasteiger partial charge in [-0.15, -0.1) is 0 Å². The van der Waals surface area contributed by atoms with Crippen LogP contribution in [0, 0.1) is 0 Å². The molecule has 4 heteroatoms. The third-order valence-corrected chi connectivity index (χ3v) is 6.35. The predicted octanol–water partition coefficient (Wildman–Crippen LogP) is 7.48. The third kappa shape index (κ3) is 4.19. The first-order valence-electron chi connectivity index (χ1n) is 9.81. The van der Waals surface area contributed by atoms with E-state index in [0.29, 0.717) is 16.0 Å². The fourth-order valence-electron chi connectivity index (χ4n) is 4.04. The molecule has 0 radical (unpaired) electrons. The number of hydrogen-bond acceptors (Lipinski definition) is 2. The van der Waals surface area contributed by atoms with Crippen molar-refractivity contribution in [2.24, 2.45) is 4.99 Å². The Bertz CT molecular complexity index is 1040. The number of nitrogens with zero attached hydrogens (tertiary/aromatic N) is 1. The van der Waals surface area contributed by atoms with E-state index in [0.717, 1.165) is 18.6 Å². The molecule has 0 N–H and O–H groups in total. The van der Waals surface area contributed by atoms with Crippen LogP contribution in [0.15, 0.2) is 71.7 Å². The molecular formula is C25H23Cl2NO. The molecule has 148 valence electrons. The summed E-state index contributed by atoms with van der Waals surface area (Å²) in [6.07, 6.45) is 1.94. The summed E-state index contributed by atoms with van der Waals surface area (Å²) in [6, 6.07) is 22.8. The van der Waals surface area contributed by atoms with E-state index in [2.05, 4.69) is 49.4 Å². The van der Waals surface area contributed by atoms with Crippen LogP contribution in [0.4, 0.5) is 0 Å². The molecule has 2 nitrogen and oxygen atoms in total. The van der Waals surface area contributed by atoms with E-state index in [1.807, 2.05) is 24.3 Å². The van der Waals surface area contributed by atoms with Crippen LogP contribution in [-0.2, 0) is 0 Å². The average molecular weight is 424 g/mol. The summed E-state index contributed by atoms with van der Waals surface area (Å²) in [5.41, 5.74) is 6.09. The Balaban J connectivity index is 1.67. The minimum atomic E-state index is 0.0884. The number of rotatable bonds is 4. The average Bonchev–Trinajstić information content (AvgIpc) is 2.76. The molecule has 1 aliphatic rings. The Morgan fingerprint density at radius 2 is 1.72 bits per heavy atom. The zero-order valence-electron chi connectivity index (χ0n) is 16.5. The molecule has 3 aromatic rings. The van der Waals surface area contributed by atoms with E-state index in [1.165, 1.54) is 28.0 Å². The van der Waals surface area contributed by atoms with Crippen molar-refractivity contribution >= 4 is 28.9 Å². The maximum Gasteiger partial charge on any atom is 0.118 e. The van der Waals surface area contributed by atoms with Gasteiger partial charge >= 0.3 is 0 Å².